The molecule has 0 spiro atoms. The lowest BCUT2D eigenvalue weighted by Crippen LogP contribution is -2.00. The van der Waals surface area contributed by atoms with Crippen LogP contribution in [0.3, 0.4) is 0 Å². The number of rotatable bonds is 6. The lowest BCUT2D eigenvalue weighted by Gasteiger charge is -2.13. The van der Waals surface area contributed by atoms with Gasteiger partial charge >= 0.3 is 0 Å². The first kappa shape index (κ1) is 20.7. The van der Waals surface area contributed by atoms with Gasteiger partial charge < -0.3 is 0 Å². The Morgan fingerprint density at radius 3 is 1.81 bits per heavy atom. The van der Waals surface area contributed by atoms with Crippen molar-refractivity contribution in [3.05, 3.63) is 55.5 Å². The molecule has 0 aliphatic carbocycles. The van der Waals surface area contributed by atoms with Gasteiger partial charge in [0.05, 0.1) is 15.7 Å². The first-order valence-corrected chi connectivity index (χ1v) is 6.73. The molecule has 0 aromatic heterocycles. The van der Waals surface area contributed by atoms with E-state index in [0.29, 0.717) is 31.9 Å². The smallest absolute Gasteiger partial charge is 0.115 e. The molecule has 0 aliphatic heterocycles. The minimum atomic E-state index is 0.0961. The van der Waals surface area contributed by atoms with Gasteiger partial charge in [0.1, 0.15) is 47.1 Å². The Balaban J connectivity index is 5.73. The average molecular weight is 318 g/mol. The van der Waals surface area contributed by atoms with Crippen LogP contribution < -0.4 is 0 Å². The van der Waals surface area contributed by atoms with E-state index < -0.39 is 0 Å². The van der Waals surface area contributed by atoms with Crippen molar-refractivity contribution < 1.29 is 0 Å². The van der Waals surface area contributed by atoms with E-state index in [9.17, 15) is 0 Å². The van der Waals surface area contributed by atoms with Crippen LogP contribution in [-0.2, 0) is 0 Å². The van der Waals surface area contributed by atoms with E-state index in [1.54, 1.807) is 12.2 Å². The maximum atomic E-state index is 5.90. The summed E-state index contributed by atoms with van der Waals surface area (Å²) in [7, 11) is 45.2. The predicted molar refractivity (Wildman–Crippen MR) is 103 cm³/mol. The van der Waals surface area contributed by atoms with Crippen molar-refractivity contribution in [2.24, 2.45) is 0 Å². The third kappa shape index (κ3) is 6.55. The molecule has 86 valence electrons. The summed E-state index contributed by atoms with van der Waals surface area (Å²) in [5.41, 5.74) is 1.98. The molecule has 21 heavy (non-hydrogen) atoms. The Morgan fingerprint density at radius 1 is 0.857 bits per heavy atom. The summed E-state index contributed by atoms with van der Waals surface area (Å²) in [6.45, 7) is 0. The monoisotopic (exact) mass is 318 g/mol. The number of allylic oxidation sites excluding steroid dienone is 9. The van der Waals surface area contributed by atoms with Gasteiger partial charge in [0.2, 0.25) is 0 Å². The summed E-state index contributed by atoms with van der Waals surface area (Å²) < 4.78 is 0.446. The van der Waals surface area contributed by atoms with Crippen LogP contribution in [0, 0.1) is 0 Å². The normalized spacial score (nSPS) is 16.3. The fraction of sp³-hybridized carbons (Fsp3) is 0.167. The molecular weight excluding hydrogens is 311 g/mol. The van der Waals surface area contributed by atoms with E-state index in [0.717, 1.165) is 0 Å². The van der Waals surface area contributed by atoms with Crippen LogP contribution in [0.5, 0.6) is 0 Å². The van der Waals surface area contributed by atoms with E-state index in [2.05, 4.69) is 15.9 Å². The van der Waals surface area contributed by atoms with Crippen LogP contribution in [0.25, 0.3) is 0 Å². The lowest BCUT2D eigenvalue weighted by molar-refractivity contribution is 1.47. The Kier molecular flexibility index (Phi) is 10.3. The van der Waals surface area contributed by atoms with Crippen molar-refractivity contribution in [1.82, 2.24) is 0 Å². The van der Waals surface area contributed by atoms with Crippen LogP contribution in [-0.4, -0.2) is 62.8 Å². The number of hydrogen-bond acceptors (Lipinski definition) is 0. The molecule has 0 aromatic carbocycles. The maximum Gasteiger partial charge on any atom is 0.115 e. The molecule has 0 unspecified atom stereocenters. The van der Waals surface area contributed by atoms with Gasteiger partial charge in [-0.2, -0.15) is 0 Å². The van der Waals surface area contributed by atoms with Crippen LogP contribution in [0.4, 0.5) is 0 Å². The standard InChI is InChI=1S/C12H7B8Br/c13-3-8(17)6(11(20)9(18)4-14)1-2-7(16)12(21)10(19)5-15/h1-2,5H,3-4H2/b2-1+,8-6+,10-5-,11-9-,12-7-. The van der Waals surface area contributed by atoms with Gasteiger partial charge in [0.25, 0.3) is 0 Å². The molecule has 0 rings (SSSR count). The second-order valence-electron chi connectivity index (χ2n) is 4.01. The van der Waals surface area contributed by atoms with Crippen molar-refractivity contribution in [1.29, 1.82) is 0 Å². The highest BCUT2D eigenvalue weighted by molar-refractivity contribution is 9.12. The van der Waals surface area contributed by atoms with Gasteiger partial charge in [-0.05, 0) is 5.57 Å². The SMILES string of the molecule is [B]/C=C([B])/C(Br)=C([B])\C=C\C(=C(/[B])C[B])C(\[B])=C(\[B])C[B]. The molecule has 0 N–H and O–H groups in total. The van der Waals surface area contributed by atoms with E-state index in [-0.39, 0.29) is 18.1 Å². The summed E-state index contributed by atoms with van der Waals surface area (Å²) in [4.78, 5) is 0. The average Bonchev–Trinajstić information content (AvgIpc) is 2.51. The third-order valence-corrected chi connectivity index (χ3v) is 3.45. The molecule has 0 heterocycles. The second kappa shape index (κ2) is 10.4. The summed E-state index contributed by atoms with van der Waals surface area (Å²) in [5, 5.41) is 0. The molecule has 0 bridgehead atoms. The third-order valence-electron chi connectivity index (χ3n) is 2.54. The fourth-order valence-electron chi connectivity index (χ4n) is 1.25. The Bertz CT molecular complexity index is 527. The van der Waals surface area contributed by atoms with Crippen LogP contribution in [0.15, 0.2) is 55.5 Å². The van der Waals surface area contributed by atoms with Gasteiger partial charge in [0, 0.05) is 4.48 Å². The van der Waals surface area contributed by atoms with Crippen molar-refractivity contribution in [3.63, 3.8) is 0 Å². The zero-order chi connectivity index (χ0) is 16.6. The molecule has 0 saturated carbocycles. The fourth-order valence-corrected chi connectivity index (χ4v) is 1.51. The molecular formula is C12H7B8Br. The van der Waals surface area contributed by atoms with Gasteiger partial charge in [-0.25, -0.2) is 0 Å². The summed E-state index contributed by atoms with van der Waals surface area (Å²) in [6, 6.07) is 0. The molecule has 0 fully saturated rings. The lowest BCUT2D eigenvalue weighted by atomic mass is 9.67. The highest BCUT2D eigenvalue weighted by Gasteiger charge is 2.03. The Hall–Kier alpha value is -0.301. The summed E-state index contributed by atoms with van der Waals surface area (Å²) >= 11 is 3.22. The zero-order valence-electron chi connectivity index (χ0n) is 11.6. The van der Waals surface area contributed by atoms with Gasteiger partial charge in [-0.3, -0.25) is 0 Å². The Labute approximate surface area is 146 Å². The first-order valence-electron chi connectivity index (χ1n) is 5.94. The van der Waals surface area contributed by atoms with Crippen molar-refractivity contribution in [2.45, 2.75) is 12.6 Å². The summed E-state index contributed by atoms with van der Waals surface area (Å²) in [6.07, 6.45) is 3.34. The maximum absolute atomic E-state index is 5.90. The molecule has 16 radical (unpaired) electrons. The highest BCUT2D eigenvalue weighted by atomic mass is 79.9. The molecule has 0 aromatic rings. The van der Waals surface area contributed by atoms with Gasteiger partial charge in [-0.1, -0.05) is 51.7 Å². The molecule has 9 heteroatoms. The van der Waals surface area contributed by atoms with E-state index >= 15 is 0 Å². The minimum absolute atomic E-state index is 0.0961. The van der Waals surface area contributed by atoms with Crippen LogP contribution in [0.1, 0.15) is 0 Å². The molecule has 0 saturated heterocycles. The molecule has 0 nitrogen and oxygen atoms in total. The van der Waals surface area contributed by atoms with Crippen molar-refractivity contribution in [2.75, 3.05) is 0 Å². The first-order chi connectivity index (χ1) is 9.79. The summed E-state index contributed by atoms with van der Waals surface area (Å²) in [5.74, 6) is 1.22. The predicted octanol–water partition coefficient (Wildman–Crippen LogP) is 0.641. The molecule has 0 atom stereocenters. The molecule has 0 amide bonds. The van der Waals surface area contributed by atoms with E-state index in [4.69, 9.17) is 62.8 Å². The van der Waals surface area contributed by atoms with Crippen molar-refractivity contribution in [3.8, 4) is 0 Å². The van der Waals surface area contributed by atoms with E-state index in [1.165, 1.54) is 5.98 Å². The largest absolute Gasteiger partial charge is 0.137 e. The van der Waals surface area contributed by atoms with Crippen LogP contribution in [0.2, 0.25) is 12.6 Å². The van der Waals surface area contributed by atoms with E-state index in [1.807, 2.05) is 0 Å². The minimum Gasteiger partial charge on any atom is -0.137 e. The highest BCUT2D eigenvalue weighted by Crippen LogP contribution is 2.21. The second-order valence-corrected chi connectivity index (χ2v) is 4.80. The van der Waals surface area contributed by atoms with Gasteiger partial charge in [-0.15, -0.1) is 22.4 Å². The number of halogens is 1. The Morgan fingerprint density at radius 2 is 1.38 bits per heavy atom. The quantitative estimate of drug-likeness (QED) is 0.498. The van der Waals surface area contributed by atoms with Crippen molar-refractivity contribution >= 4 is 78.7 Å². The van der Waals surface area contributed by atoms with Gasteiger partial charge in [0.15, 0.2) is 0 Å². The zero-order valence-corrected chi connectivity index (χ0v) is 13.2. The topological polar surface area (TPSA) is 0 Å². The van der Waals surface area contributed by atoms with Crippen LogP contribution >= 0.6 is 15.9 Å². The number of hydrogen-bond donors (Lipinski definition) is 0. The molecule has 0 aliphatic rings.